The van der Waals surface area contributed by atoms with Crippen LogP contribution in [-0.4, -0.2) is 19.9 Å². The molecule has 5 aromatic carbocycles. The molecule has 0 amide bonds. The Kier molecular flexibility index (Phi) is 4.50. The smallest absolute Gasteiger partial charge is 0.109 e. The van der Waals surface area contributed by atoms with E-state index in [1.807, 2.05) is 0 Å². The zero-order chi connectivity index (χ0) is 24.6. The van der Waals surface area contributed by atoms with Crippen LogP contribution >= 0.6 is 0 Å². The van der Waals surface area contributed by atoms with Crippen LogP contribution in [0.25, 0.3) is 65.5 Å². The van der Waals surface area contributed by atoms with Crippen LogP contribution in [0.15, 0.2) is 72.8 Å². The van der Waals surface area contributed by atoms with E-state index in [1.54, 1.807) is 0 Å². The highest BCUT2D eigenvalue weighted by atomic mass is 14.9. The first-order chi connectivity index (χ1) is 17.5. The number of H-pyrrole nitrogens is 2. The molecule has 2 heterocycles. The van der Waals surface area contributed by atoms with E-state index < -0.39 is 0 Å². The highest BCUT2D eigenvalue weighted by Gasteiger charge is 2.13. The normalized spacial score (nSPS) is 12.4. The molecular weight excluding hydrogens is 440 g/mol. The van der Waals surface area contributed by atoms with Gasteiger partial charge in [0.1, 0.15) is 11.6 Å². The number of imidazole rings is 2. The third kappa shape index (κ3) is 3.14. The monoisotopic (exact) mass is 468 g/mol. The molecule has 36 heavy (non-hydrogen) atoms. The van der Waals surface area contributed by atoms with Crippen LogP contribution in [0.2, 0.25) is 0 Å². The van der Waals surface area contributed by atoms with Gasteiger partial charge in [0.15, 0.2) is 0 Å². The second-order valence-electron chi connectivity index (χ2n) is 10.5. The van der Waals surface area contributed by atoms with Gasteiger partial charge in [-0.2, -0.15) is 0 Å². The highest BCUT2D eigenvalue weighted by Crippen LogP contribution is 2.35. The lowest BCUT2D eigenvalue weighted by atomic mass is 9.95. The fourth-order valence-corrected chi connectivity index (χ4v) is 5.37. The minimum atomic E-state index is 0.374. The molecule has 0 unspecified atom stereocenters. The van der Waals surface area contributed by atoms with Gasteiger partial charge < -0.3 is 9.97 Å². The fraction of sp³-hybridized carbons (Fsp3) is 0.188. The quantitative estimate of drug-likeness (QED) is 0.255. The SMILES string of the molecule is CC(C)c1nc2c(ccc3c4ccc(-c5ccc6c(ccc7nc(C(C)C)[nH]c76)c5)cc4ccc32)[nH]1. The molecule has 176 valence electrons. The molecule has 0 fully saturated rings. The molecule has 2 N–H and O–H groups in total. The van der Waals surface area contributed by atoms with Gasteiger partial charge in [0.2, 0.25) is 0 Å². The number of benzene rings is 5. The van der Waals surface area contributed by atoms with Crippen LogP contribution < -0.4 is 0 Å². The highest BCUT2D eigenvalue weighted by molar-refractivity contribution is 6.16. The van der Waals surface area contributed by atoms with Crippen molar-refractivity contribution in [1.82, 2.24) is 19.9 Å². The number of fused-ring (bicyclic) bond motifs is 8. The third-order valence-electron chi connectivity index (χ3n) is 7.40. The Morgan fingerprint density at radius 3 is 1.92 bits per heavy atom. The second-order valence-corrected chi connectivity index (χ2v) is 10.5. The summed E-state index contributed by atoms with van der Waals surface area (Å²) >= 11 is 0. The minimum absolute atomic E-state index is 0.374. The number of rotatable bonds is 3. The summed E-state index contributed by atoms with van der Waals surface area (Å²) in [6, 6.07) is 26.7. The van der Waals surface area contributed by atoms with E-state index in [0.29, 0.717) is 11.8 Å². The maximum atomic E-state index is 4.91. The lowest BCUT2D eigenvalue weighted by Gasteiger charge is -2.09. The standard InChI is InChI=1S/C32H28N4/c1-17(2)31-33-27-13-8-22-16-20(6-10-24(22)29(27)35-31)19-5-9-23-21(15-19)7-11-26-25(23)12-14-28-30(26)36-32(34-28)18(3)4/h5-18H,1-4H3,(H,33,35)(H,34,36). The van der Waals surface area contributed by atoms with E-state index in [1.165, 1.54) is 43.4 Å². The summed E-state index contributed by atoms with van der Waals surface area (Å²) in [7, 11) is 0. The molecule has 0 spiro atoms. The van der Waals surface area contributed by atoms with Crippen molar-refractivity contribution < 1.29 is 0 Å². The van der Waals surface area contributed by atoms with Crippen molar-refractivity contribution in [3.8, 4) is 11.1 Å². The number of aromatic nitrogens is 4. The average molecular weight is 469 g/mol. The van der Waals surface area contributed by atoms with Crippen LogP contribution in [0, 0.1) is 0 Å². The first kappa shape index (κ1) is 21.1. The number of hydrogen-bond donors (Lipinski definition) is 2. The number of nitrogens with one attached hydrogen (secondary N) is 2. The van der Waals surface area contributed by atoms with E-state index >= 15 is 0 Å². The molecular formula is C32H28N4. The number of aromatic amines is 2. The second kappa shape index (κ2) is 7.66. The molecule has 2 aromatic heterocycles. The number of nitrogens with zero attached hydrogens (tertiary/aromatic N) is 2. The summed E-state index contributed by atoms with van der Waals surface area (Å²) in [5.74, 6) is 2.83. The molecule has 0 aliphatic carbocycles. The molecule has 4 heteroatoms. The summed E-state index contributed by atoms with van der Waals surface area (Å²) < 4.78 is 0. The van der Waals surface area contributed by atoms with E-state index in [4.69, 9.17) is 9.97 Å². The first-order valence-corrected chi connectivity index (χ1v) is 12.7. The average Bonchev–Trinajstić information content (AvgIpc) is 3.53. The maximum absolute atomic E-state index is 4.91. The van der Waals surface area contributed by atoms with Gasteiger partial charge in [0.25, 0.3) is 0 Å². The van der Waals surface area contributed by atoms with Crippen LogP contribution in [-0.2, 0) is 0 Å². The Bertz CT molecular complexity index is 1950. The molecule has 0 bridgehead atoms. The third-order valence-corrected chi connectivity index (χ3v) is 7.40. The Hall–Kier alpha value is -4.18. The predicted molar refractivity (Wildman–Crippen MR) is 152 cm³/mol. The van der Waals surface area contributed by atoms with Crippen LogP contribution in [0.3, 0.4) is 0 Å². The largest absolute Gasteiger partial charge is 0.342 e. The van der Waals surface area contributed by atoms with Gasteiger partial charge in [0.05, 0.1) is 22.1 Å². The van der Waals surface area contributed by atoms with Crippen molar-refractivity contribution in [2.75, 3.05) is 0 Å². The molecule has 0 radical (unpaired) electrons. The predicted octanol–water partition coefficient (Wildman–Crippen LogP) is 8.81. The summed E-state index contributed by atoms with van der Waals surface area (Å²) in [6.07, 6.45) is 0. The molecule has 0 saturated carbocycles. The summed E-state index contributed by atoms with van der Waals surface area (Å²) in [5.41, 5.74) is 6.75. The fourth-order valence-electron chi connectivity index (χ4n) is 5.37. The lowest BCUT2D eigenvalue weighted by Crippen LogP contribution is -1.88. The van der Waals surface area contributed by atoms with Crippen molar-refractivity contribution in [2.24, 2.45) is 0 Å². The number of hydrogen-bond acceptors (Lipinski definition) is 2. The zero-order valence-corrected chi connectivity index (χ0v) is 21.0. The molecule has 0 atom stereocenters. The summed E-state index contributed by atoms with van der Waals surface area (Å²) in [4.78, 5) is 16.7. The Balaban J connectivity index is 1.35. The van der Waals surface area contributed by atoms with Crippen LogP contribution in [0.4, 0.5) is 0 Å². The van der Waals surface area contributed by atoms with Crippen molar-refractivity contribution in [3.63, 3.8) is 0 Å². The van der Waals surface area contributed by atoms with Crippen molar-refractivity contribution in [2.45, 2.75) is 39.5 Å². The molecule has 0 aliphatic heterocycles. The van der Waals surface area contributed by atoms with Crippen molar-refractivity contribution in [3.05, 3.63) is 84.4 Å². The molecule has 7 rings (SSSR count). The Morgan fingerprint density at radius 2 is 1.17 bits per heavy atom. The topological polar surface area (TPSA) is 57.4 Å². The van der Waals surface area contributed by atoms with E-state index in [9.17, 15) is 0 Å². The summed E-state index contributed by atoms with van der Waals surface area (Å²) in [6.45, 7) is 8.68. The minimum Gasteiger partial charge on any atom is -0.342 e. The van der Waals surface area contributed by atoms with E-state index in [2.05, 4.69) is 110 Å². The van der Waals surface area contributed by atoms with E-state index in [0.717, 1.165) is 33.7 Å². The Morgan fingerprint density at radius 1 is 0.556 bits per heavy atom. The van der Waals surface area contributed by atoms with Gasteiger partial charge in [-0.1, -0.05) is 76.2 Å². The van der Waals surface area contributed by atoms with Gasteiger partial charge in [-0.15, -0.1) is 0 Å². The lowest BCUT2D eigenvalue weighted by molar-refractivity contribution is 0.799. The van der Waals surface area contributed by atoms with Crippen LogP contribution in [0.5, 0.6) is 0 Å². The zero-order valence-electron chi connectivity index (χ0n) is 21.0. The van der Waals surface area contributed by atoms with Gasteiger partial charge in [0, 0.05) is 22.6 Å². The molecule has 0 saturated heterocycles. The van der Waals surface area contributed by atoms with Gasteiger partial charge in [-0.3, -0.25) is 0 Å². The molecule has 7 aromatic rings. The maximum Gasteiger partial charge on any atom is 0.109 e. The summed E-state index contributed by atoms with van der Waals surface area (Å²) in [5, 5.41) is 7.38. The molecule has 0 aliphatic rings. The van der Waals surface area contributed by atoms with Crippen molar-refractivity contribution in [1.29, 1.82) is 0 Å². The van der Waals surface area contributed by atoms with Gasteiger partial charge in [-0.25, -0.2) is 9.97 Å². The van der Waals surface area contributed by atoms with E-state index in [-0.39, 0.29) is 0 Å². The van der Waals surface area contributed by atoms with Gasteiger partial charge >= 0.3 is 0 Å². The first-order valence-electron chi connectivity index (χ1n) is 12.7. The molecule has 4 nitrogen and oxygen atoms in total. The van der Waals surface area contributed by atoms with Crippen LogP contribution in [0.1, 0.15) is 51.2 Å². The Labute approximate surface area is 209 Å². The van der Waals surface area contributed by atoms with Crippen molar-refractivity contribution >= 4 is 54.4 Å². The van der Waals surface area contributed by atoms with Gasteiger partial charge in [-0.05, 0) is 56.9 Å².